The molecule has 15 heteroatoms. The molecule has 1 aliphatic heterocycles. The number of nitrogens with one attached hydrogen (secondary N) is 1. The van der Waals surface area contributed by atoms with Gasteiger partial charge in [-0.2, -0.15) is 13.2 Å². The number of halogens is 5. The van der Waals surface area contributed by atoms with Gasteiger partial charge in [-0.25, -0.2) is 23.5 Å². The van der Waals surface area contributed by atoms with Crippen LogP contribution in [0.25, 0.3) is 10.3 Å². The maximum atomic E-state index is 14.4. The Kier molecular flexibility index (Phi) is 10.2. The van der Waals surface area contributed by atoms with E-state index in [1.807, 2.05) is 0 Å². The highest BCUT2D eigenvalue weighted by Crippen LogP contribution is 2.43. The lowest BCUT2D eigenvalue weighted by Gasteiger charge is -2.36. The van der Waals surface area contributed by atoms with Crippen molar-refractivity contribution in [3.63, 3.8) is 0 Å². The molecule has 2 amide bonds. The minimum absolute atomic E-state index is 0.000143. The summed E-state index contributed by atoms with van der Waals surface area (Å²) in [6, 6.07) is 4.11. The van der Waals surface area contributed by atoms with Gasteiger partial charge in [0.25, 0.3) is 6.43 Å². The summed E-state index contributed by atoms with van der Waals surface area (Å²) in [7, 11) is 2.27. The van der Waals surface area contributed by atoms with E-state index in [1.165, 1.54) is 42.4 Å². The zero-order chi connectivity index (χ0) is 33.3. The van der Waals surface area contributed by atoms with Crippen LogP contribution >= 0.6 is 11.3 Å². The fraction of sp³-hybridized carbons (Fsp3) is 0.533. The molecule has 1 N–H and O–H groups in total. The van der Waals surface area contributed by atoms with Crippen LogP contribution in [-0.2, 0) is 14.3 Å². The number of benzene rings is 1. The van der Waals surface area contributed by atoms with Crippen molar-refractivity contribution in [1.29, 1.82) is 0 Å². The van der Waals surface area contributed by atoms with Gasteiger partial charge >= 0.3 is 12.3 Å². The van der Waals surface area contributed by atoms with E-state index in [9.17, 15) is 31.5 Å². The van der Waals surface area contributed by atoms with Crippen molar-refractivity contribution in [1.82, 2.24) is 19.8 Å². The van der Waals surface area contributed by atoms with Crippen LogP contribution in [0.1, 0.15) is 61.9 Å². The number of hydrogen-bond acceptors (Lipinski definition) is 8. The van der Waals surface area contributed by atoms with E-state index in [2.05, 4.69) is 15.3 Å². The smallest absolute Gasteiger partial charge is 0.419 e. The Bertz CT molecular complexity index is 1500. The first kappa shape index (κ1) is 34.3. The van der Waals surface area contributed by atoms with Crippen molar-refractivity contribution >= 4 is 45.1 Å². The first-order chi connectivity index (χ1) is 21.0. The van der Waals surface area contributed by atoms with Crippen LogP contribution in [0.3, 0.4) is 0 Å². The Balaban J connectivity index is 1.51. The molecule has 2 atom stereocenters. The topological polar surface area (TPSA) is 96.9 Å². The molecule has 1 saturated heterocycles. The Hall–Kier alpha value is -3.59. The second-order valence-corrected chi connectivity index (χ2v) is 13.0. The predicted octanol–water partition coefficient (Wildman–Crippen LogP) is 7.40. The predicted molar refractivity (Wildman–Crippen MR) is 160 cm³/mol. The quantitative estimate of drug-likeness (QED) is 0.252. The van der Waals surface area contributed by atoms with Crippen LogP contribution in [0.4, 0.5) is 38.1 Å². The number of pyridine rings is 1. The van der Waals surface area contributed by atoms with E-state index in [0.29, 0.717) is 28.4 Å². The highest BCUT2D eigenvalue weighted by molar-refractivity contribution is 7.18. The number of likely N-dealkylation sites (tertiary alicyclic amines) is 1. The molecule has 0 saturated carbocycles. The third kappa shape index (κ3) is 7.98. The lowest BCUT2D eigenvalue weighted by Crippen LogP contribution is -2.46. The molecule has 45 heavy (non-hydrogen) atoms. The first-order valence-corrected chi connectivity index (χ1v) is 15.1. The number of piperidine rings is 1. The number of aryl methyl sites for hydroxylation is 1. The number of amides is 2. The number of fused-ring (bicyclic) bond motifs is 1. The lowest BCUT2D eigenvalue weighted by molar-refractivity contribution is -0.215. The normalized spacial score (nSPS) is 16.1. The van der Waals surface area contributed by atoms with Gasteiger partial charge in [0.05, 0.1) is 16.9 Å². The molecule has 9 nitrogen and oxygen atoms in total. The van der Waals surface area contributed by atoms with Crippen molar-refractivity contribution in [2.45, 2.75) is 70.9 Å². The summed E-state index contributed by atoms with van der Waals surface area (Å²) in [5, 5.41) is 3.43. The second kappa shape index (κ2) is 13.4. The summed E-state index contributed by atoms with van der Waals surface area (Å²) in [6.45, 7) is 7.45. The number of alkyl halides is 5. The highest BCUT2D eigenvalue weighted by atomic mass is 32.1. The number of ether oxygens (including phenoxy) is 2. The van der Waals surface area contributed by atoms with Gasteiger partial charge in [-0.05, 0) is 58.2 Å². The second-order valence-electron chi connectivity index (χ2n) is 11.8. The molecule has 246 valence electrons. The molecule has 0 spiro atoms. The summed E-state index contributed by atoms with van der Waals surface area (Å²) in [5.41, 5.74) is -0.398. The molecule has 1 aromatic carbocycles. The number of carbonyl (C=O) groups excluding carboxylic acids is 2. The molecule has 3 aromatic rings. The molecule has 1 fully saturated rings. The monoisotopic (exact) mass is 657 g/mol. The molecule has 0 aliphatic carbocycles. The number of nitrogens with zero attached hydrogens (tertiary/aromatic N) is 4. The van der Waals surface area contributed by atoms with Crippen molar-refractivity contribution in [3.05, 3.63) is 46.6 Å². The zero-order valence-corrected chi connectivity index (χ0v) is 26.6. The number of methoxy groups -OCH3 is 1. The fourth-order valence-electron chi connectivity index (χ4n) is 5.30. The van der Waals surface area contributed by atoms with E-state index in [1.54, 1.807) is 27.7 Å². The van der Waals surface area contributed by atoms with E-state index < -0.39 is 48.3 Å². The summed E-state index contributed by atoms with van der Waals surface area (Å²) in [6.07, 6.45) is -8.56. The van der Waals surface area contributed by atoms with E-state index >= 15 is 0 Å². The van der Waals surface area contributed by atoms with Crippen molar-refractivity contribution in [3.8, 4) is 0 Å². The van der Waals surface area contributed by atoms with Gasteiger partial charge in [-0.15, -0.1) is 0 Å². The van der Waals surface area contributed by atoms with Gasteiger partial charge in [0.2, 0.25) is 5.91 Å². The molecular weight excluding hydrogens is 621 g/mol. The third-order valence-corrected chi connectivity index (χ3v) is 8.28. The van der Waals surface area contributed by atoms with Gasteiger partial charge in [-0.1, -0.05) is 23.5 Å². The summed E-state index contributed by atoms with van der Waals surface area (Å²) < 4.78 is 80.8. The lowest BCUT2D eigenvalue weighted by atomic mass is 9.94. The van der Waals surface area contributed by atoms with Crippen LogP contribution in [-0.4, -0.2) is 77.2 Å². The Morgan fingerprint density at radius 1 is 1.11 bits per heavy atom. The Morgan fingerprint density at radius 3 is 2.27 bits per heavy atom. The molecular formula is C30H36F5N5O4S. The van der Waals surface area contributed by atoms with Crippen molar-refractivity contribution < 1.29 is 41.0 Å². The van der Waals surface area contributed by atoms with Crippen LogP contribution in [0.2, 0.25) is 0 Å². The highest BCUT2D eigenvalue weighted by Gasteiger charge is 2.44. The van der Waals surface area contributed by atoms with Gasteiger partial charge in [0.15, 0.2) is 6.10 Å². The minimum atomic E-state index is -4.74. The maximum Gasteiger partial charge on any atom is 0.419 e. The first-order valence-electron chi connectivity index (χ1n) is 14.3. The van der Waals surface area contributed by atoms with E-state index in [-0.39, 0.29) is 35.4 Å². The van der Waals surface area contributed by atoms with Gasteiger partial charge < -0.3 is 24.6 Å². The average molecular weight is 658 g/mol. The van der Waals surface area contributed by atoms with Crippen molar-refractivity contribution in [2.75, 3.05) is 32.6 Å². The summed E-state index contributed by atoms with van der Waals surface area (Å²) in [5.74, 6) is -1.01. The fourth-order valence-corrected chi connectivity index (χ4v) is 6.07. The third-order valence-electron chi connectivity index (χ3n) is 7.40. The maximum absolute atomic E-state index is 14.4. The summed E-state index contributed by atoms with van der Waals surface area (Å²) in [4.78, 5) is 37.0. The zero-order valence-electron chi connectivity index (χ0n) is 25.7. The number of thiazole rings is 1. The number of anilines is 2. The van der Waals surface area contributed by atoms with Gasteiger partial charge in [0, 0.05) is 44.4 Å². The molecule has 0 unspecified atom stereocenters. The van der Waals surface area contributed by atoms with Crippen LogP contribution < -0.4 is 5.32 Å². The standard InChI is InChI=1S/C30H36F5N5O4S/c1-16-37-22-21(24(43-6)30(33,34)35)20(15-36-26(22)45-16)38-19-9-7-17(8-10-19)23(25(31)32)39(5)27(41)18-11-13-40(14-12-18)28(42)44-29(2,3)4/h7-10,15,18,23-25,38H,11-14H2,1-6H3/t23-,24+/m0/s1. The van der Waals surface area contributed by atoms with Crippen LogP contribution in [0.15, 0.2) is 30.5 Å². The molecule has 1 aliphatic rings. The van der Waals surface area contributed by atoms with Gasteiger partial charge in [-0.3, -0.25) is 4.79 Å². The SMILES string of the molecule is CO[C@H](c1c(Nc2ccc([C@@H](C(F)F)N(C)C(=O)C3CCN(C(=O)OC(C)(C)C)CC3)cc2)cnc2sc(C)nc12)C(F)(F)F. The molecule has 2 aromatic heterocycles. The Labute approximate surface area is 261 Å². The Morgan fingerprint density at radius 2 is 1.73 bits per heavy atom. The van der Waals surface area contributed by atoms with Crippen LogP contribution in [0, 0.1) is 12.8 Å². The van der Waals surface area contributed by atoms with Crippen LogP contribution in [0.5, 0.6) is 0 Å². The summed E-state index contributed by atoms with van der Waals surface area (Å²) >= 11 is 1.15. The van der Waals surface area contributed by atoms with Gasteiger partial charge in [0.1, 0.15) is 22.0 Å². The number of hydrogen-bond donors (Lipinski definition) is 1. The number of aromatic nitrogens is 2. The molecule has 0 radical (unpaired) electrons. The average Bonchev–Trinajstić information content (AvgIpc) is 3.33. The van der Waals surface area contributed by atoms with E-state index in [0.717, 1.165) is 23.3 Å². The number of carbonyl (C=O) groups is 2. The van der Waals surface area contributed by atoms with E-state index in [4.69, 9.17) is 9.47 Å². The minimum Gasteiger partial charge on any atom is -0.444 e. The molecule has 0 bridgehead atoms. The number of rotatable bonds is 8. The molecule has 3 heterocycles. The largest absolute Gasteiger partial charge is 0.444 e. The molecule has 4 rings (SSSR count). The van der Waals surface area contributed by atoms with Crippen molar-refractivity contribution in [2.24, 2.45) is 5.92 Å².